The number of nitrogens with zero attached hydrogens (tertiary/aromatic N) is 5. The fourth-order valence-corrected chi connectivity index (χ4v) is 3.03. The van der Waals surface area contributed by atoms with Crippen LogP contribution >= 0.6 is 0 Å². The van der Waals surface area contributed by atoms with Crippen LogP contribution in [0.15, 0.2) is 36.7 Å². The Morgan fingerprint density at radius 2 is 1.50 bits per heavy atom. The van der Waals surface area contributed by atoms with E-state index < -0.39 is 52.7 Å². The Morgan fingerprint density at radius 3 is 2.00 bits per heavy atom. The number of carbonyl (C=O) groups is 2. The van der Waals surface area contributed by atoms with Gasteiger partial charge in [0.1, 0.15) is 5.60 Å². The molecule has 0 radical (unpaired) electrons. The molecular weight excluding hydrogens is 524 g/mol. The van der Waals surface area contributed by atoms with E-state index in [4.69, 9.17) is 4.74 Å². The molecule has 0 aliphatic heterocycles. The highest BCUT2D eigenvalue weighted by molar-refractivity contribution is 5.95. The van der Waals surface area contributed by atoms with E-state index in [0.717, 1.165) is 4.68 Å². The Morgan fingerprint density at radius 1 is 0.947 bits per heavy atom. The summed E-state index contributed by atoms with van der Waals surface area (Å²) in [4.78, 5) is 37.0. The normalized spacial score (nSPS) is 13.1. The van der Waals surface area contributed by atoms with Crippen molar-refractivity contribution < 1.29 is 40.7 Å². The van der Waals surface area contributed by atoms with Crippen LogP contribution in [0.25, 0.3) is 5.95 Å². The fraction of sp³-hybridized carbons (Fsp3) is 0.364. The molecule has 1 aromatic carbocycles. The third-order valence-corrected chi connectivity index (χ3v) is 4.57. The minimum absolute atomic E-state index is 0.0493. The quantitative estimate of drug-likeness (QED) is 0.436. The summed E-state index contributed by atoms with van der Waals surface area (Å²) in [5, 5.41) is 8.65. The highest BCUT2D eigenvalue weighted by atomic mass is 19.4. The van der Waals surface area contributed by atoms with Gasteiger partial charge in [-0.2, -0.15) is 36.0 Å². The van der Waals surface area contributed by atoms with Crippen LogP contribution in [0.2, 0.25) is 0 Å². The van der Waals surface area contributed by atoms with Gasteiger partial charge < -0.3 is 10.1 Å². The number of carbonyl (C=O) groups excluding carboxylic acids is 2. The summed E-state index contributed by atoms with van der Waals surface area (Å²) in [6, 6.07) is 0.863. The maximum absolute atomic E-state index is 13.2. The van der Waals surface area contributed by atoms with Gasteiger partial charge in [-0.1, -0.05) is 0 Å². The molecule has 2 N–H and O–H groups in total. The van der Waals surface area contributed by atoms with Crippen LogP contribution in [0.5, 0.6) is 0 Å². The Hall–Kier alpha value is -4.24. The van der Waals surface area contributed by atoms with Gasteiger partial charge in [-0.15, -0.1) is 5.10 Å². The molecule has 10 nitrogen and oxygen atoms in total. The number of hydrogen-bond donors (Lipinski definition) is 2. The molecule has 38 heavy (non-hydrogen) atoms. The Labute approximate surface area is 211 Å². The average Bonchev–Trinajstić information content (AvgIpc) is 3.20. The van der Waals surface area contributed by atoms with E-state index in [9.17, 15) is 35.9 Å². The molecule has 0 fully saturated rings. The number of ether oxygens (including phenoxy) is 1. The second kappa shape index (κ2) is 10.3. The second-order valence-corrected chi connectivity index (χ2v) is 8.87. The van der Waals surface area contributed by atoms with Crippen molar-refractivity contribution in [3.8, 4) is 5.95 Å². The van der Waals surface area contributed by atoms with Gasteiger partial charge in [0.25, 0.3) is 17.8 Å². The molecule has 0 bridgehead atoms. The highest BCUT2D eigenvalue weighted by Crippen LogP contribution is 2.36. The molecule has 2 amide bonds. The lowest BCUT2D eigenvalue weighted by Gasteiger charge is -2.18. The van der Waals surface area contributed by atoms with E-state index in [1.54, 1.807) is 20.8 Å². The highest BCUT2D eigenvalue weighted by Gasteiger charge is 2.37. The van der Waals surface area contributed by atoms with Crippen molar-refractivity contribution in [2.45, 2.75) is 51.7 Å². The first-order chi connectivity index (χ1) is 17.4. The molecule has 0 aliphatic rings. The van der Waals surface area contributed by atoms with Crippen LogP contribution in [-0.4, -0.2) is 42.3 Å². The number of halogens is 6. The molecule has 204 valence electrons. The van der Waals surface area contributed by atoms with Crippen LogP contribution in [-0.2, 0) is 17.1 Å². The summed E-state index contributed by atoms with van der Waals surface area (Å²) in [6.07, 6.45) is -8.45. The molecule has 3 aromatic rings. The van der Waals surface area contributed by atoms with Crippen molar-refractivity contribution >= 4 is 17.9 Å². The monoisotopic (exact) mass is 545 g/mol. The number of amides is 2. The van der Waals surface area contributed by atoms with Crippen LogP contribution in [0.4, 0.5) is 37.1 Å². The number of hydrogen-bond acceptors (Lipinski definition) is 7. The fourth-order valence-electron chi connectivity index (χ4n) is 3.03. The lowest BCUT2D eigenvalue weighted by atomic mass is 10.0. The van der Waals surface area contributed by atoms with Crippen molar-refractivity contribution in [3.63, 3.8) is 0 Å². The van der Waals surface area contributed by atoms with Gasteiger partial charge in [0.15, 0.2) is 5.82 Å². The zero-order valence-electron chi connectivity index (χ0n) is 20.3. The van der Waals surface area contributed by atoms with Gasteiger partial charge in [0, 0.05) is 18.0 Å². The molecule has 16 heteroatoms. The van der Waals surface area contributed by atoms with Gasteiger partial charge in [0.2, 0.25) is 0 Å². The number of nitrogens with one attached hydrogen (secondary N) is 2. The molecule has 0 unspecified atom stereocenters. The third kappa shape index (κ3) is 7.17. The third-order valence-electron chi connectivity index (χ3n) is 4.57. The lowest BCUT2D eigenvalue weighted by molar-refractivity contribution is -0.143. The molecule has 0 saturated carbocycles. The maximum Gasteiger partial charge on any atom is 0.416 e. The van der Waals surface area contributed by atoms with Crippen molar-refractivity contribution in [2.75, 3.05) is 5.32 Å². The maximum atomic E-state index is 13.2. The predicted octanol–water partition coefficient (Wildman–Crippen LogP) is 4.93. The van der Waals surface area contributed by atoms with Crippen molar-refractivity contribution in [3.05, 3.63) is 59.2 Å². The van der Waals surface area contributed by atoms with E-state index >= 15 is 0 Å². The molecule has 2 heterocycles. The van der Waals surface area contributed by atoms with Gasteiger partial charge in [0.05, 0.1) is 17.2 Å². The van der Waals surface area contributed by atoms with E-state index in [1.165, 1.54) is 25.4 Å². The molecule has 3 rings (SSSR count). The van der Waals surface area contributed by atoms with Gasteiger partial charge in [-0.25, -0.2) is 14.8 Å². The number of rotatable bonds is 5. The van der Waals surface area contributed by atoms with Crippen molar-refractivity contribution in [1.82, 2.24) is 30.0 Å². The molecule has 2 aromatic heterocycles. The smallest absolute Gasteiger partial charge is 0.416 e. The summed E-state index contributed by atoms with van der Waals surface area (Å²) < 4.78 is 85.4. The van der Waals surface area contributed by atoms with E-state index in [1.807, 2.05) is 0 Å². The standard InChI is InChI=1S/C22H21F6N7O3/c1-11(31-16(36)12-8-13(21(23,24)25)10-14(9-12)22(26,27)28)15-32-17(33-19(37)38-20(2,3)4)34-35(15)18-29-6-5-7-30-18/h5-11H,1-4H3,(H,31,36)(H,33,34,37)/t11-/m0/s1. The van der Waals surface area contributed by atoms with Crippen LogP contribution in [0.1, 0.15) is 61.0 Å². The lowest BCUT2D eigenvalue weighted by Crippen LogP contribution is -2.29. The largest absolute Gasteiger partial charge is 0.444 e. The molecule has 1 atom stereocenters. The van der Waals surface area contributed by atoms with Crippen LogP contribution in [0, 0.1) is 0 Å². The molecular formula is C22H21F6N7O3. The van der Waals surface area contributed by atoms with E-state index in [-0.39, 0.29) is 23.8 Å². The van der Waals surface area contributed by atoms with Gasteiger partial charge >= 0.3 is 18.4 Å². The first-order valence-corrected chi connectivity index (χ1v) is 10.8. The first-order valence-electron chi connectivity index (χ1n) is 10.8. The van der Waals surface area contributed by atoms with Crippen LogP contribution in [0.3, 0.4) is 0 Å². The SMILES string of the molecule is C[C@H](NC(=O)c1cc(C(F)(F)F)cc(C(F)(F)F)c1)c1nc(NC(=O)OC(C)(C)C)nn1-c1ncccn1. The Kier molecular flexibility index (Phi) is 7.65. The first kappa shape index (κ1) is 28.3. The van der Waals surface area contributed by atoms with Crippen LogP contribution < -0.4 is 10.6 Å². The zero-order chi connectivity index (χ0) is 28.5. The minimum atomic E-state index is -5.13. The summed E-state index contributed by atoms with van der Waals surface area (Å²) in [6.45, 7) is 6.21. The van der Waals surface area contributed by atoms with Gasteiger partial charge in [-0.3, -0.25) is 10.1 Å². The second-order valence-electron chi connectivity index (χ2n) is 8.87. The zero-order valence-corrected chi connectivity index (χ0v) is 20.3. The number of alkyl halides is 6. The molecule has 0 saturated heterocycles. The summed E-state index contributed by atoms with van der Waals surface area (Å²) in [5.41, 5.74) is -5.02. The number of anilines is 1. The summed E-state index contributed by atoms with van der Waals surface area (Å²) in [7, 11) is 0. The predicted molar refractivity (Wildman–Crippen MR) is 119 cm³/mol. The average molecular weight is 545 g/mol. The molecule has 0 aliphatic carbocycles. The summed E-state index contributed by atoms with van der Waals surface area (Å²) in [5.74, 6) is -1.69. The number of benzene rings is 1. The Balaban J connectivity index is 1.95. The summed E-state index contributed by atoms with van der Waals surface area (Å²) >= 11 is 0. The van der Waals surface area contributed by atoms with Crippen molar-refractivity contribution in [2.24, 2.45) is 0 Å². The molecule has 0 spiro atoms. The van der Waals surface area contributed by atoms with Crippen molar-refractivity contribution in [1.29, 1.82) is 0 Å². The Bertz CT molecular complexity index is 1290. The minimum Gasteiger partial charge on any atom is -0.444 e. The van der Waals surface area contributed by atoms with E-state index in [0.29, 0.717) is 12.1 Å². The van der Waals surface area contributed by atoms with E-state index in [2.05, 4.69) is 30.7 Å². The van der Waals surface area contributed by atoms with Gasteiger partial charge in [-0.05, 0) is 52.0 Å². The number of aromatic nitrogens is 5. The topological polar surface area (TPSA) is 124 Å².